The summed E-state index contributed by atoms with van der Waals surface area (Å²) in [6, 6.07) is 3.95. The standard InChI is InChI=1S/C21H23F2N3O/c1-13-2-3-18-17(13)8-15(11-24-18)19-9-20(14-5-7-27-12-14)26(25-19)16-4-6-21(22,23)10-16/h2,8-9,11,14,16H,3-7,10,12H2,1H3/t14-,16+/m0/s1. The second-order valence-electron chi connectivity index (χ2n) is 8.02. The summed E-state index contributed by atoms with van der Waals surface area (Å²) in [5.74, 6) is -2.36. The van der Waals surface area contributed by atoms with E-state index in [0.29, 0.717) is 13.0 Å². The zero-order valence-electron chi connectivity index (χ0n) is 15.4. The van der Waals surface area contributed by atoms with Crippen LogP contribution < -0.4 is 0 Å². The van der Waals surface area contributed by atoms with Gasteiger partial charge in [-0.25, -0.2) is 8.78 Å². The van der Waals surface area contributed by atoms with Gasteiger partial charge in [0.2, 0.25) is 5.92 Å². The van der Waals surface area contributed by atoms with Crippen LogP contribution in [0.2, 0.25) is 0 Å². The fourth-order valence-electron chi connectivity index (χ4n) is 4.55. The lowest BCUT2D eigenvalue weighted by Gasteiger charge is -2.17. The normalized spacial score (nSPS) is 26.4. The number of alkyl halides is 2. The van der Waals surface area contributed by atoms with Gasteiger partial charge in [0.05, 0.1) is 24.0 Å². The largest absolute Gasteiger partial charge is 0.381 e. The van der Waals surface area contributed by atoms with Gasteiger partial charge in [0.1, 0.15) is 0 Å². The van der Waals surface area contributed by atoms with Crippen LogP contribution in [0.15, 0.2) is 24.4 Å². The molecule has 6 heteroatoms. The summed E-state index contributed by atoms with van der Waals surface area (Å²) in [7, 11) is 0. The summed E-state index contributed by atoms with van der Waals surface area (Å²) in [6.07, 6.45) is 6.12. The number of hydrogen-bond donors (Lipinski definition) is 0. The average Bonchev–Trinajstić information content (AvgIpc) is 3.40. The van der Waals surface area contributed by atoms with Crippen molar-refractivity contribution >= 4 is 5.57 Å². The van der Waals surface area contributed by atoms with Crippen molar-refractivity contribution in [1.82, 2.24) is 14.8 Å². The number of hydrogen-bond acceptors (Lipinski definition) is 3. The molecule has 1 aliphatic heterocycles. The predicted octanol–water partition coefficient (Wildman–Crippen LogP) is 4.77. The third kappa shape index (κ3) is 3.00. The number of aromatic nitrogens is 3. The lowest BCUT2D eigenvalue weighted by Crippen LogP contribution is -2.16. The Morgan fingerprint density at radius 2 is 2.15 bits per heavy atom. The fourth-order valence-corrected chi connectivity index (χ4v) is 4.55. The summed E-state index contributed by atoms with van der Waals surface area (Å²) in [6.45, 7) is 3.45. The molecule has 0 radical (unpaired) electrons. The van der Waals surface area contributed by atoms with Gasteiger partial charge in [0.25, 0.3) is 0 Å². The number of allylic oxidation sites excluding steroid dienone is 2. The van der Waals surface area contributed by atoms with Crippen LogP contribution in [0.3, 0.4) is 0 Å². The van der Waals surface area contributed by atoms with Crippen molar-refractivity contribution in [2.75, 3.05) is 13.2 Å². The quantitative estimate of drug-likeness (QED) is 0.780. The second kappa shape index (κ2) is 6.23. The summed E-state index contributed by atoms with van der Waals surface area (Å²) in [5.41, 5.74) is 6.29. The molecule has 2 aromatic rings. The van der Waals surface area contributed by atoms with Gasteiger partial charge < -0.3 is 4.74 Å². The Labute approximate surface area is 157 Å². The maximum atomic E-state index is 13.8. The highest BCUT2D eigenvalue weighted by atomic mass is 19.3. The van der Waals surface area contributed by atoms with Crippen LogP contribution in [0.4, 0.5) is 8.78 Å². The van der Waals surface area contributed by atoms with E-state index in [4.69, 9.17) is 9.84 Å². The first-order chi connectivity index (χ1) is 13.0. The lowest BCUT2D eigenvalue weighted by molar-refractivity contribution is 0.00505. The minimum atomic E-state index is -2.59. The van der Waals surface area contributed by atoms with Crippen molar-refractivity contribution in [3.8, 4) is 11.3 Å². The molecule has 4 nitrogen and oxygen atoms in total. The molecule has 2 fully saturated rings. The molecule has 3 aliphatic rings. The van der Waals surface area contributed by atoms with Crippen molar-refractivity contribution < 1.29 is 13.5 Å². The van der Waals surface area contributed by atoms with Crippen LogP contribution in [-0.4, -0.2) is 33.9 Å². The van der Waals surface area contributed by atoms with Crippen LogP contribution in [-0.2, 0) is 11.2 Å². The van der Waals surface area contributed by atoms with Gasteiger partial charge in [-0.2, -0.15) is 5.10 Å². The third-order valence-electron chi connectivity index (χ3n) is 6.13. The molecule has 0 N–H and O–H groups in total. The van der Waals surface area contributed by atoms with Gasteiger partial charge >= 0.3 is 0 Å². The highest BCUT2D eigenvalue weighted by molar-refractivity contribution is 5.74. The van der Waals surface area contributed by atoms with Crippen molar-refractivity contribution in [3.05, 3.63) is 41.4 Å². The van der Waals surface area contributed by atoms with E-state index >= 15 is 0 Å². The minimum absolute atomic E-state index is 0.0577. The molecule has 2 aromatic heterocycles. The zero-order chi connectivity index (χ0) is 18.6. The summed E-state index contributed by atoms with van der Waals surface area (Å²) < 4.78 is 35.1. The molecule has 3 heterocycles. The molecule has 0 spiro atoms. The molecule has 2 atom stereocenters. The Hall–Kier alpha value is -2.08. The highest BCUT2D eigenvalue weighted by Crippen LogP contribution is 2.43. The molecule has 27 heavy (non-hydrogen) atoms. The van der Waals surface area contributed by atoms with Gasteiger partial charge in [0, 0.05) is 49.2 Å². The van der Waals surface area contributed by atoms with E-state index in [1.165, 1.54) is 11.1 Å². The van der Waals surface area contributed by atoms with Gasteiger partial charge in [-0.1, -0.05) is 6.08 Å². The molecule has 1 saturated carbocycles. The molecule has 0 bridgehead atoms. The molecule has 0 amide bonds. The molecule has 0 aromatic carbocycles. The van der Waals surface area contributed by atoms with Crippen LogP contribution in [0.25, 0.3) is 16.8 Å². The average molecular weight is 371 g/mol. The van der Waals surface area contributed by atoms with E-state index in [1.807, 2.05) is 10.9 Å². The third-order valence-corrected chi connectivity index (χ3v) is 6.13. The van der Waals surface area contributed by atoms with Crippen LogP contribution in [0.5, 0.6) is 0 Å². The van der Waals surface area contributed by atoms with E-state index in [0.717, 1.165) is 42.1 Å². The van der Waals surface area contributed by atoms with Crippen molar-refractivity contribution in [1.29, 1.82) is 0 Å². The lowest BCUT2D eigenvalue weighted by atomic mass is 10.0. The Bertz CT molecular complexity index is 912. The molecular weight excluding hydrogens is 348 g/mol. The number of ether oxygens (including phenoxy) is 1. The number of rotatable bonds is 3. The van der Waals surface area contributed by atoms with E-state index < -0.39 is 5.92 Å². The van der Waals surface area contributed by atoms with Gasteiger partial charge in [-0.15, -0.1) is 0 Å². The molecule has 2 aliphatic carbocycles. The Kier molecular flexibility index (Phi) is 3.93. The summed E-state index contributed by atoms with van der Waals surface area (Å²) >= 11 is 0. The first-order valence-corrected chi connectivity index (χ1v) is 9.72. The second-order valence-corrected chi connectivity index (χ2v) is 8.02. The first-order valence-electron chi connectivity index (χ1n) is 9.72. The van der Waals surface area contributed by atoms with Gasteiger partial charge in [-0.05, 0) is 43.0 Å². The zero-order valence-corrected chi connectivity index (χ0v) is 15.4. The van der Waals surface area contributed by atoms with Crippen LogP contribution >= 0.6 is 0 Å². The number of pyridine rings is 1. The number of nitrogens with zero attached hydrogens (tertiary/aromatic N) is 3. The summed E-state index contributed by atoms with van der Waals surface area (Å²) in [5, 5.41) is 4.79. The fraction of sp³-hybridized carbons (Fsp3) is 0.524. The Balaban J connectivity index is 1.55. The van der Waals surface area contributed by atoms with Crippen molar-refractivity contribution in [2.24, 2.45) is 0 Å². The highest BCUT2D eigenvalue weighted by Gasteiger charge is 2.42. The molecule has 142 valence electrons. The first kappa shape index (κ1) is 17.0. The minimum Gasteiger partial charge on any atom is -0.381 e. The number of fused-ring (bicyclic) bond motifs is 1. The van der Waals surface area contributed by atoms with Gasteiger partial charge in [0.15, 0.2) is 0 Å². The molecular formula is C21H23F2N3O. The van der Waals surface area contributed by atoms with Crippen molar-refractivity contribution in [3.63, 3.8) is 0 Å². The van der Waals surface area contributed by atoms with E-state index in [2.05, 4.69) is 30.1 Å². The SMILES string of the molecule is CC1=CCc2ncc(-c3cc([C@H]4CCOC4)n([C@@H]4CCC(F)(F)C4)n3)cc21. The monoisotopic (exact) mass is 371 g/mol. The smallest absolute Gasteiger partial charge is 0.250 e. The Morgan fingerprint density at radius 3 is 2.89 bits per heavy atom. The van der Waals surface area contributed by atoms with E-state index in [1.54, 1.807) is 0 Å². The molecule has 0 unspecified atom stereocenters. The topological polar surface area (TPSA) is 39.9 Å². The number of halogens is 2. The molecule has 1 saturated heterocycles. The predicted molar refractivity (Wildman–Crippen MR) is 98.8 cm³/mol. The van der Waals surface area contributed by atoms with Crippen LogP contribution in [0.1, 0.15) is 61.5 Å². The van der Waals surface area contributed by atoms with Crippen molar-refractivity contribution in [2.45, 2.75) is 56.9 Å². The maximum absolute atomic E-state index is 13.8. The van der Waals surface area contributed by atoms with E-state index in [9.17, 15) is 8.78 Å². The van der Waals surface area contributed by atoms with Crippen LogP contribution in [0, 0.1) is 0 Å². The summed E-state index contributed by atoms with van der Waals surface area (Å²) in [4.78, 5) is 4.60. The molecule has 5 rings (SSSR count). The van der Waals surface area contributed by atoms with E-state index in [-0.39, 0.29) is 24.8 Å². The van der Waals surface area contributed by atoms with Gasteiger partial charge in [-0.3, -0.25) is 9.67 Å². The Morgan fingerprint density at radius 1 is 1.26 bits per heavy atom. The maximum Gasteiger partial charge on any atom is 0.250 e.